The standard InChI is InChI=1S/C16H26N2O/c1-5-10-17-11-12-18(3)14(2)13-15-8-6-7-9-16(15)19-4/h5-9,14,17H,1,10-13H2,2-4H3. The molecule has 106 valence electrons. The fourth-order valence-electron chi connectivity index (χ4n) is 2.03. The molecule has 1 unspecified atom stereocenters. The number of likely N-dealkylation sites (N-methyl/N-ethyl adjacent to an activating group) is 1. The van der Waals surface area contributed by atoms with E-state index in [0.717, 1.165) is 31.8 Å². The third kappa shape index (κ3) is 5.45. The normalized spacial score (nSPS) is 12.4. The highest BCUT2D eigenvalue weighted by molar-refractivity contribution is 5.33. The van der Waals surface area contributed by atoms with Gasteiger partial charge in [-0.05, 0) is 32.0 Å². The minimum absolute atomic E-state index is 0.488. The van der Waals surface area contributed by atoms with Crippen LogP contribution in [0.15, 0.2) is 36.9 Å². The van der Waals surface area contributed by atoms with Gasteiger partial charge < -0.3 is 15.0 Å². The van der Waals surface area contributed by atoms with E-state index in [1.165, 1.54) is 5.56 Å². The van der Waals surface area contributed by atoms with Crippen LogP contribution in [0.3, 0.4) is 0 Å². The van der Waals surface area contributed by atoms with Crippen molar-refractivity contribution in [3.8, 4) is 5.75 Å². The lowest BCUT2D eigenvalue weighted by Gasteiger charge is -2.25. The molecule has 0 aliphatic carbocycles. The van der Waals surface area contributed by atoms with Gasteiger partial charge in [0.25, 0.3) is 0 Å². The van der Waals surface area contributed by atoms with Crippen LogP contribution in [0.2, 0.25) is 0 Å². The number of ether oxygens (including phenoxy) is 1. The molecule has 1 rings (SSSR count). The maximum Gasteiger partial charge on any atom is 0.122 e. The van der Waals surface area contributed by atoms with Crippen LogP contribution in [0.4, 0.5) is 0 Å². The lowest BCUT2D eigenvalue weighted by atomic mass is 10.1. The average Bonchev–Trinajstić information content (AvgIpc) is 2.44. The quantitative estimate of drug-likeness (QED) is 0.546. The number of hydrogen-bond donors (Lipinski definition) is 1. The monoisotopic (exact) mass is 262 g/mol. The van der Waals surface area contributed by atoms with Gasteiger partial charge in [0.2, 0.25) is 0 Å². The molecule has 1 aromatic rings. The van der Waals surface area contributed by atoms with Crippen LogP contribution in [-0.2, 0) is 6.42 Å². The molecule has 0 heterocycles. The maximum absolute atomic E-state index is 5.40. The molecule has 0 bridgehead atoms. The predicted molar refractivity (Wildman–Crippen MR) is 81.9 cm³/mol. The molecule has 19 heavy (non-hydrogen) atoms. The lowest BCUT2D eigenvalue weighted by molar-refractivity contribution is 0.255. The summed E-state index contributed by atoms with van der Waals surface area (Å²) in [5, 5.41) is 3.32. The van der Waals surface area contributed by atoms with Crippen molar-refractivity contribution in [1.29, 1.82) is 0 Å². The van der Waals surface area contributed by atoms with Crippen LogP contribution < -0.4 is 10.1 Å². The van der Waals surface area contributed by atoms with Crippen molar-refractivity contribution in [2.45, 2.75) is 19.4 Å². The fourth-order valence-corrected chi connectivity index (χ4v) is 2.03. The van der Waals surface area contributed by atoms with Crippen molar-refractivity contribution in [2.24, 2.45) is 0 Å². The van der Waals surface area contributed by atoms with Crippen molar-refractivity contribution in [1.82, 2.24) is 10.2 Å². The van der Waals surface area contributed by atoms with Crippen LogP contribution in [0.25, 0.3) is 0 Å². The molecule has 3 nitrogen and oxygen atoms in total. The topological polar surface area (TPSA) is 24.5 Å². The van der Waals surface area contributed by atoms with Gasteiger partial charge in [0, 0.05) is 25.7 Å². The molecule has 3 heteroatoms. The number of benzene rings is 1. The van der Waals surface area contributed by atoms with E-state index >= 15 is 0 Å². The van der Waals surface area contributed by atoms with E-state index in [9.17, 15) is 0 Å². The summed E-state index contributed by atoms with van der Waals surface area (Å²) in [7, 11) is 3.89. The van der Waals surface area contributed by atoms with Crippen LogP contribution in [-0.4, -0.2) is 44.7 Å². The first-order valence-electron chi connectivity index (χ1n) is 6.82. The summed E-state index contributed by atoms with van der Waals surface area (Å²) >= 11 is 0. The van der Waals surface area contributed by atoms with E-state index in [4.69, 9.17) is 4.74 Å². The highest BCUT2D eigenvalue weighted by Gasteiger charge is 2.12. The largest absolute Gasteiger partial charge is 0.496 e. The van der Waals surface area contributed by atoms with Gasteiger partial charge in [-0.3, -0.25) is 0 Å². The Morgan fingerprint density at radius 2 is 2.16 bits per heavy atom. The molecule has 0 spiro atoms. The molecule has 1 aromatic carbocycles. The first-order chi connectivity index (χ1) is 9.19. The first-order valence-corrected chi connectivity index (χ1v) is 6.82. The number of para-hydroxylation sites is 1. The summed E-state index contributed by atoms with van der Waals surface area (Å²) in [5.41, 5.74) is 1.27. The zero-order valence-corrected chi connectivity index (χ0v) is 12.4. The Kier molecular flexibility index (Phi) is 7.23. The molecule has 0 saturated carbocycles. The summed E-state index contributed by atoms with van der Waals surface area (Å²) in [6, 6.07) is 8.72. The minimum Gasteiger partial charge on any atom is -0.496 e. The molecule has 1 N–H and O–H groups in total. The second-order valence-electron chi connectivity index (χ2n) is 4.84. The van der Waals surface area contributed by atoms with Gasteiger partial charge in [0.1, 0.15) is 5.75 Å². The van der Waals surface area contributed by atoms with Gasteiger partial charge >= 0.3 is 0 Å². The number of rotatable bonds is 9. The van der Waals surface area contributed by atoms with Crippen LogP contribution >= 0.6 is 0 Å². The number of nitrogens with one attached hydrogen (secondary N) is 1. The Morgan fingerprint density at radius 1 is 1.42 bits per heavy atom. The SMILES string of the molecule is C=CCNCCN(C)C(C)Cc1ccccc1OC. The van der Waals surface area contributed by atoms with Gasteiger partial charge in [-0.15, -0.1) is 6.58 Å². The fraction of sp³-hybridized carbons (Fsp3) is 0.500. The number of nitrogens with zero attached hydrogens (tertiary/aromatic N) is 1. The van der Waals surface area contributed by atoms with Crippen molar-refractivity contribution < 1.29 is 4.74 Å². The van der Waals surface area contributed by atoms with E-state index < -0.39 is 0 Å². The second kappa shape index (κ2) is 8.73. The van der Waals surface area contributed by atoms with Gasteiger partial charge in [0.15, 0.2) is 0 Å². The molecular formula is C16H26N2O. The van der Waals surface area contributed by atoms with Crippen LogP contribution in [0.5, 0.6) is 5.75 Å². The molecule has 1 atom stereocenters. The van der Waals surface area contributed by atoms with Crippen molar-refractivity contribution >= 4 is 0 Å². The summed E-state index contributed by atoms with van der Waals surface area (Å²) in [4.78, 5) is 2.36. The van der Waals surface area contributed by atoms with Gasteiger partial charge in [-0.2, -0.15) is 0 Å². The zero-order chi connectivity index (χ0) is 14.1. The number of hydrogen-bond acceptors (Lipinski definition) is 3. The van der Waals surface area contributed by atoms with Gasteiger partial charge in [-0.1, -0.05) is 24.3 Å². The molecule has 0 saturated heterocycles. The summed E-state index contributed by atoms with van der Waals surface area (Å²) < 4.78 is 5.40. The second-order valence-corrected chi connectivity index (χ2v) is 4.84. The van der Waals surface area contributed by atoms with Crippen molar-refractivity contribution in [3.63, 3.8) is 0 Å². The van der Waals surface area contributed by atoms with E-state index in [-0.39, 0.29) is 0 Å². The first kappa shape index (κ1) is 15.7. The molecule has 0 aliphatic heterocycles. The summed E-state index contributed by atoms with van der Waals surface area (Å²) in [6.07, 6.45) is 2.89. The minimum atomic E-state index is 0.488. The Hall–Kier alpha value is -1.32. The summed E-state index contributed by atoms with van der Waals surface area (Å²) in [6.45, 7) is 8.83. The van der Waals surface area contributed by atoms with Crippen molar-refractivity contribution in [3.05, 3.63) is 42.5 Å². The zero-order valence-electron chi connectivity index (χ0n) is 12.4. The van der Waals surface area contributed by atoms with Gasteiger partial charge in [-0.25, -0.2) is 0 Å². The van der Waals surface area contributed by atoms with Crippen LogP contribution in [0, 0.1) is 0 Å². The smallest absolute Gasteiger partial charge is 0.122 e. The Morgan fingerprint density at radius 3 is 2.84 bits per heavy atom. The van der Waals surface area contributed by atoms with E-state index in [0.29, 0.717) is 6.04 Å². The Labute approximate surface area is 117 Å². The molecular weight excluding hydrogens is 236 g/mol. The Balaban J connectivity index is 2.44. The molecule has 0 amide bonds. The predicted octanol–water partition coefficient (Wildman–Crippen LogP) is 2.33. The summed E-state index contributed by atoms with van der Waals surface area (Å²) in [5.74, 6) is 0.979. The van der Waals surface area contributed by atoms with E-state index in [1.807, 2.05) is 18.2 Å². The van der Waals surface area contributed by atoms with Crippen molar-refractivity contribution in [2.75, 3.05) is 33.8 Å². The Bertz CT molecular complexity index is 379. The molecule has 0 aliphatic rings. The lowest BCUT2D eigenvalue weighted by Crippen LogP contribution is -2.36. The van der Waals surface area contributed by atoms with E-state index in [2.05, 4.69) is 42.9 Å². The maximum atomic E-state index is 5.40. The molecule has 0 aromatic heterocycles. The average molecular weight is 262 g/mol. The number of methoxy groups -OCH3 is 1. The third-order valence-electron chi connectivity index (χ3n) is 3.39. The molecule has 0 fully saturated rings. The highest BCUT2D eigenvalue weighted by Crippen LogP contribution is 2.19. The van der Waals surface area contributed by atoms with E-state index in [1.54, 1.807) is 7.11 Å². The molecule has 0 radical (unpaired) electrons. The highest BCUT2D eigenvalue weighted by atomic mass is 16.5. The third-order valence-corrected chi connectivity index (χ3v) is 3.39. The van der Waals surface area contributed by atoms with Gasteiger partial charge in [0.05, 0.1) is 7.11 Å². The van der Waals surface area contributed by atoms with Crippen LogP contribution in [0.1, 0.15) is 12.5 Å².